The number of amides is 3. The average Bonchev–Trinajstić information content (AvgIpc) is 2.96. The van der Waals surface area contributed by atoms with Crippen LogP contribution in [-0.2, 0) is 20.7 Å². The van der Waals surface area contributed by atoms with Gasteiger partial charge in [0.2, 0.25) is 5.91 Å². The summed E-state index contributed by atoms with van der Waals surface area (Å²) in [6, 6.07) is 21.2. The van der Waals surface area contributed by atoms with Gasteiger partial charge in [0.1, 0.15) is 23.4 Å². The molecule has 3 aromatic carbocycles. The van der Waals surface area contributed by atoms with Crippen molar-refractivity contribution in [3.63, 3.8) is 0 Å². The molecule has 43 heavy (non-hydrogen) atoms. The number of aromatic hydroxyl groups is 1. The van der Waals surface area contributed by atoms with E-state index >= 15 is 0 Å². The van der Waals surface area contributed by atoms with Gasteiger partial charge in [0.25, 0.3) is 5.91 Å². The van der Waals surface area contributed by atoms with E-state index in [0.29, 0.717) is 24.2 Å². The lowest BCUT2D eigenvalue weighted by Crippen LogP contribution is -2.53. The van der Waals surface area contributed by atoms with Gasteiger partial charge in [-0.05, 0) is 69.0 Å². The Morgan fingerprint density at radius 2 is 1.53 bits per heavy atom. The second-order valence-electron chi connectivity index (χ2n) is 11.8. The molecule has 0 bridgehead atoms. The third-order valence-corrected chi connectivity index (χ3v) is 6.98. The largest absolute Gasteiger partial charge is 0.508 e. The molecule has 230 valence electrons. The lowest BCUT2D eigenvalue weighted by atomic mass is 9.99. The zero-order chi connectivity index (χ0) is 31.4. The van der Waals surface area contributed by atoms with E-state index in [9.17, 15) is 19.5 Å². The average molecular weight is 588 g/mol. The number of alkyl carbamates (subject to hydrolysis) is 1. The number of hydrogen-bond donors (Lipinski definition) is 3. The highest BCUT2D eigenvalue weighted by Crippen LogP contribution is 2.27. The van der Waals surface area contributed by atoms with Crippen molar-refractivity contribution in [2.45, 2.75) is 84.4 Å². The van der Waals surface area contributed by atoms with Crippen molar-refractivity contribution in [3.8, 4) is 5.75 Å². The van der Waals surface area contributed by atoms with E-state index in [-0.39, 0.29) is 18.1 Å². The van der Waals surface area contributed by atoms with Gasteiger partial charge in [-0.1, -0.05) is 86.8 Å². The Hall–Kier alpha value is -4.33. The van der Waals surface area contributed by atoms with Gasteiger partial charge in [0, 0.05) is 18.7 Å². The Kier molecular flexibility index (Phi) is 12.2. The molecule has 0 spiro atoms. The number of para-hydroxylation sites is 1. The molecule has 0 heterocycles. The fraction of sp³-hybridized carbons (Fsp3) is 0.400. The van der Waals surface area contributed by atoms with Crippen molar-refractivity contribution in [1.82, 2.24) is 10.2 Å². The highest BCUT2D eigenvalue weighted by molar-refractivity contribution is 5.99. The van der Waals surface area contributed by atoms with Crippen molar-refractivity contribution < 1.29 is 24.2 Å². The quantitative estimate of drug-likeness (QED) is 0.188. The Labute approximate surface area is 255 Å². The fourth-order valence-electron chi connectivity index (χ4n) is 4.82. The number of rotatable bonds is 13. The second-order valence-corrected chi connectivity index (χ2v) is 11.8. The summed E-state index contributed by atoms with van der Waals surface area (Å²) in [5.41, 5.74) is 2.20. The molecule has 3 rings (SSSR count). The van der Waals surface area contributed by atoms with E-state index in [1.54, 1.807) is 37.8 Å². The number of unbranched alkanes of at least 4 members (excludes halogenated alkanes) is 3. The molecule has 3 N–H and O–H groups in total. The molecule has 2 atom stereocenters. The van der Waals surface area contributed by atoms with Gasteiger partial charge in [0.05, 0.1) is 0 Å². The van der Waals surface area contributed by atoms with Crippen molar-refractivity contribution in [2.24, 2.45) is 0 Å². The van der Waals surface area contributed by atoms with Crippen LogP contribution in [-0.4, -0.2) is 46.1 Å². The van der Waals surface area contributed by atoms with Crippen molar-refractivity contribution in [2.75, 3.05) is 11.9 Å². The highest BCUT2D eigenvalue weighted by atomic mass is 16.6. The monoisotopic (exact) mass is 587 g/mol. The van der Waals surface area contributed by atoms with E-state index in [1.807, 2.05) is 61.5 Å². The van der Waals surface area contributed by atoms with Crippen LogP contribution in [0.15, 0.2) is 78.9 Å². The van der Waals surface area contributed by atoms with Crippen LogP contribution in [0.4, 0.5) is 10.5 Å². The van der Waals surface area contributed by atoms with Crippen molar-refractivity contribution in [3.05, 3.63) is 95.6 Å². The number of hydrogen-bond acceptors (Lipinski definition) is 5. The molecule has 0 fully saturated rings. The standard InChI is InChI=1S/C35H45N3O5/c1-6-7-8-14-23-38(31(27-16-10-9-11-17-27)32(40)36-29-18-13-12-15-25(29)2)33(41)30(37-34(42)43-35(3,4)5)24-26-19-21-28(39)22-20-26/h9-13,15-22,30-31,39H,6-8,14,23-24H2,1-5H3,(H,36,40)(H,37,42). The summed E-state index contributed by atoms with van der Waals surface area (Å²) < 4.78 is 5.51. The minimum Gasteiger partial charge on any atom is -0.508 e. The summed E-state index contributed by atoms with van der Waals surface area (Å²) in [5.74, 6) is -0.643. The Morgan fingerprint density at radius 3 is 2.16 bits per heavy atom. The third-order valence-electron chi connectivity index (χ3n) is 6.98. The molecule has 0 saturated carbocycles. The predicted octanol–water partition coefficient (Wildman–Crippen LogP) is 6.93. The SMILES string of the molecule is CCCCCCN(C(=O)C(Cc1ccc(O)cc1)NC(=O)OC(C)(C)C)C(C(=O)Nc1ccccc1C)c1ccccc1. The summed E-state index contributed by atoms with van der Waals surface area (Å²) in [4.78, 5) is 43.2. The minimum absolute atomic E-state index is 0.0984. The van der Waals surface area contributed by atoms with Gasteiger partial charge in [-0.15, -0.1) is 0 Å². The number of carbonyl (C=O) groups is 3. The van der Waals surface area contributed by atoms with Crippen LogP contribution in [0.25, 0.3) is 0 Å². The summed E-state index contributed by atoms with van der Waals surface area (Å²) in [5, 5.41) is 15.6. The van der Waals surface area contributed by atoms with Gasteiger partial charge in [-0.25, -0.2) is 4.79 Å². The molecule has 0 aliphatic rings. The van der Waals surface area contributed by atoms with Gasteiger partial charge in [-0.2, -0.15) is 0 Å². The topological polar surface area (TPSA) is 108 Å². The maximum Gasteiger partial charge on any atom is 0.408 e. The molecule has 3 aromatic rings. The first-order valence-electron chi connectivity index (χ1n) is 15.0. The Morgan fingerprint density at radius 1 is 0.884 bits per heavy atom. The van der Waals surface area contributed by atoms with Gasteiger partial charge >= 0.3 is 6.09 Å². The normalized spacial score (nSPS) is 12.6. The molecule has 8 heteroatoms. The lowest BCUT2D eigenvalue weighted by Gasteiger charge is -2.35. The zero-order valence-corrected chi connectivity index (χ0v) is 25.9. The molecular weight excluding hydrogens is 542 g/mol. The van der Waals surface area contributed by atoms with Crippen LogP contribution in [0.5, 0.6) is 5.75 Å². The molecule has 2 unspecified atom stereocenters. The van der Waals surface area contributed by atoms with Crippen LogP contribution < -0.4 is 10.6 Å². The minimum atomic E-state index is -1.02. The first kappa shape index (κ1) is 33.2. The summed E-state index contributed by atoms with van der Waals surface area (Å²) in [6.45, 7) is 9.62. The number of nitrogens with one attached hydrogen (secondary N) is 2. The predicted molar refractivity (Wildman–Crippen MR) is 170 cm³/mol. The number of benzene rings is 3. The fourth-order valence-corrected chi connectivity index (χ4v) is 4.82. The van der Waals surface area contributed by atoms with Crippen molar-refractivity contribution >= 4 is 23.6 Å². The number of phenols is 1. The van der Waals surface area contributed by atoms with E-state index in [4.69, 9.17) is 4.74 Å². The highest BCUT2D eigenvalue weighted by Gasteiger charge is 2.36. The Balaban J connectivity index is 2.04. The first-order chi connectivity index (χ1) is 20.5. The second kappa shape index (κ2) is 15.8. The maximum absolute atomic E-state index is 14.5. The molecule has 0 radical (unpaired) electrons. The van der Waals surface area contributed by atoms with E-state index in [2.05, 4.69) is 17.6 Å². The van der Waals surface area contributed by atoms with Crippen LogP contribution in [0, 0.1) is 6.92 Å². The van der Waals surface area contributed by atoms with E-state index in [0.717, 1.165) is 30.4 Å². The van der Waals surface area contributed by atoms with Crippen LogP contribution in [0.3, 0.4) is 0 Å². The molecule has 8 nitrogen and oxygen atoms in total. The van der Waals surface area contributed by atoms with Gasteiger partial charge in [-0.3, -0.25) is 9.59 Å². The molecule has 0 saturated heterocycles. The third kappa shape index (κ3) is 10.5. The zero-order valence-electron chi connectivity index (χ0n) is 25.9. The van der Waals surface area contributed by atoms with Crippen LogP contribution >= 0.6 is 0 Å². The molecule has 0 aliphatic carbocycles. The lowest BCUT2D eigenvalue weighted by molar-refractivity contribution is -0.140. The summed E-state index contributed by atoms with van der Waals surface area (Å²) in [6.07, 6.45) is 3.03. The Bertz CT molecular complexity index is 1340. The van der Waals surface area contributed by atoms with Crippen LogP contribution in [0.1, 0.15) is 76.1 Å². The number of aryl methyl sites for hydroxylation is 1. The van der Waals surface area contributed by atoms with Gasteiger partial charge < -0.3 is 25.4 Å². The van der Waals surface area contributed by atoms with E-state index < -0.39 is 29.7 Å². The molecule has 0 aliphatic heterocycles. The first-order valence-corrected chi connectivity index (χ1v) is 15.0. The summed E-state index contributed by atoms with van der Waals surface area (Å²) in [7, 11) is 0. The van der Waals surface area contributed by atoms with Crippen molar-refractivity contribution in [1.29, 1.82) is 0 Å². The van der Waals surface area contributed by atoms with Crippen LogP contribution in [0.2, 0.25) is 0 Å². The number of phenolic OH excluding ortho intramolecular Hbond substituents is 1. The van der Waals surface area contributed by atoms with Gasteiger partial charge in [0.15, 0.2) is 0 Å². The smallest absolute Gasteiger partial charge is 0.408 e. The maximum atomic E-state index is 14.5. The number of nitrogens with zero attached hydrogens (tertiary/aromatic N) is 1. The number of carbonyl (C=O) groups excluding carboxylic acids is 3. The molecule has 3 amide bonds. The molecule has 0 aromatic heterocycles. The molecular formula is C35H45N3O5. The number of anilines is 1. The summed E-state index contributed by atoms with van der Waals surface area (Å²) >= 11 is 0. The number of ether oxygens (including phenoxy) is 1. The van der Waals surface area contributed by atoms with E-state index in [1.165, 1.54) is 12.1 Å².